The monoisotopic (exact) mass is 326 g/mol. The number of aliphatic hydroxyl groups excluding tert-OH is 1. The average Bonchev–Trinajstić information content (AvgIpc) is 2.40. The van der Waals surface area contributed by atoms with Crippen LogP contribution in [0.1, 0.15) is 17.0 Å². The first-order valence-corrected chi connectivity index (χ1v) is 6.69. The van der Waals surface area contributed by atoms with E-state index in [1.165, 1.54) is 18.2 Å². The Hall–Kier alpha value is -1.26. The van der Waals surface area contributed by atoms with Crippen LogP contribution in [0, 0.1) is 11.6 Å². The van der Waals surface area contributed by atoms with E-state index in [2.05, 4.69) is 15.9 Å². The largest absolute Gasteiger partial charge is 0.396 e. The summed E-state index contributed by atoms with van der Waals surface area (Å²) in [5.41, 5.74) is 1.62. The first-order chi connectivity index (χ1) is 9.10. The van der Waals surface area contributed by atoms with Crippen LogP contribution in [0.2, 0.25) is 0 Å². The molecule has 2 rings (SSSR count). The van der Waals surface area contributed by atoms with Crippen molar-refractivity contribution in [3.05, 3.63) is 69.7 Å². The minimum Gasteiger partial charge on any atom is -0.396 e. The minimum atomic E-state index is -0.324. The summed E-state index contributed by atoms with van der Waals surface area (Å²) in [6, 6.07) is 10.9. The number of hydrogen-bond acceptors (Lipinski definition) is 1. The molecule has 0 aromatic heterocycles. The molecular formula is C15H13BrF2O. The summed E-state index contributed by atoms with van der Waals surface area (Å²) in [5, 5.41) is 9.45. The highest BCUT2D eigenvalue weighted by molar-refractivity contribution is 9.10. The number of benzene rings is 2. The van der Waals surface area contributed by atoms with E-state index in [9.17, 15) is 13.9 Å². The third kappa shape index (κ3) is 3.61. The number of rotatable bonds is 4. The van der Waals surface area contributed by atoms with Crippen LogP contribution in [0.3, 0.4) is 0 Å². The van der Waals surface area contributed by atoms with E-state index in [0.29, 0.717) is 10.9 Å². The molecule has 0 saturated carbocycles. The fraction of sp³-hybridized carbons (Fsp3) is 0.200. The van der Waals surface area contributed by atoms with Gasteiger partial charge in [-0.2, -0.15) is 0 Å². The highest BCUT2D eigenvalue weighted by Crippen LogP contribution is 2.24. The Balaban J connectivity index is 2.21. The molecule has 19 heavy (non-hydrogen) atoms. The first-order valence-electron chi connectivity index (χ1n) is 5.90. The van der Waals surface area contributed by atoms with Crippen molar-refractivity contribution < 1.29 is 13.9 Å². The van der Waals surface area contributed by atoms with Gasteiger partial charge in [0.15, 0.2) is 0 Å². The fourth-order valence-corrected chi connectivity index (χ4v) is 2.43. The Morgan fingerprint density at radius 3 is 2.53 bits per heavy atom. The van der Waals surface area contributed by atoms with Gasteiger partial charge in [0.05, 0.1) is 11.1 Å². The maximum Gasteiger partial charge on any atom is 0.137 e. The molecule has 100 valence electrons. The van der Waals surface area contributed by atoms with Crippen molar-refractivity contribution >= 4 is 15.9 Å². The lowest BCUT2D eigenvalue weighted by Crippen LogP contribution is -2.08. The molecule has 0 aliphatic carbocycles. The summed E-state index contributed by atoms with van der Waals surface area (Å²) >= 11 is 3.13. The molecule has 0 saturated heterocycles. The average molecular weight is 327 g/mol. The molecule has 1 atom stereocenters. The minimum absolute atomic E-state index is 0.0849. The SMILES string of the molecule is OCC(Cc1ccc(F)c(Br)c1)c1cccc(F)c1. The molecule has 2 aromatic rings. The van der Waals surface area contributed by atoms with Crippen LogP contribution < -0.4 is 0 Å². The maximum absolute atomic E-state index is 13.2. The number of hydrogen-bond donors (Lipinski definition) is 1. The summed E-state index contributed by atoms with van der Waals surface area (Å²) in [5.74, 6) is -0.848. The molecule has 1 unspecified atom stereocenters. The molecule has 0 amide bonds. The lowest BCUT2D eigenvalue weighted by atomic mass is 9.92. The summed E-state index contributed by atoms with van der Waals surface area (Å²) in [6.45, 7) is -0.0849. The van der Waals surface area contributed by atoms with Crippen LogP contribution in [0.4, 0.5) is 8.78 Å². The molecule has 1 N–H and O–H groups in total. The predicted molar refractivity (Wildman–Crippen MR) is 74.0 cm³/mol. The smallest absolute Gasteiger partial charge is 0.137 e. The van der Waals surface area contributed by atoms with E-state index in [1.54, 1.807) is 24.3 Å². The van der Waals surface area contributed by atoms with E-state index < -0.39 is 0 Å². The zero-order chi connectivity index (χ0) is 13.8. The Morgan fingerprint density at radius 1 is 1.11 bits per heavy atom. The van der Waals surface area contributed by atoms with Crippen molar-refractivity contribution in [2.24, 2.45) is 0 Å². The van der Waals surface area contributed by atoms with Gasteiger partial charge in [0.2, 0.25) is 0 Å². The summed E-state index contributed by atoms with van der Waals surface area (Å²) in [7, 11) is 0. The molecule has 4 heteroatoms. The van der Waals surface area contributed by atoms with Gasteiger partial charge in [0.1, 0.15) is 11.6 Å². The maximum atomic E-state index is 13.2. The van der Waals surface area contributed by atoms with Gasteiger partial charge < -0.3 is 5.11 Å². The van der Waals surface area contributed by atoms with Crippen LogP contribution in [-0.2, 0) is 6.42 Å². The quantitative estimate of drug-likeness (QED) is 0.898. The molecule has 0 spiro atoms. The normalized spacial score (nSPS) is 12.4. The van der Waals surface area contributed by atoms with Crippen LogP contribution in [0.5, 0.6) is 0 Å². The van der Waals surface area contributed by atoms with Crippen molar-refractivity contribution in [3.8, 4) is 0 Å². The molecule has 2 aromatic carbocycles. The van der Waals surface area contributed by atoms with Crippen molar-refractivity contribution in [1.82, 2.24) is 0 Å². The van der Waals surface area contributed by atoms with E-state index in [0.717, 1.165) is 11.1 Å². The van der Waals surface area contributed by atoms with E-state index in [4.69, 9.17) is 0 Å². The molecule has 0 radical (unpaired) electrons. The van der Waals surface area contributed by atoms with Crippen LogP contribution in [0.25, 0.3) is 0 Å². The zero-order valence-corrected chi connectivity index (χ0v) is 11.7. The Kier molecular flexibility index (Phi) is 4.66. The third-order valence-electron chi connectivity index (χ3n) is 3.01. The fourth-order valence-electron chi connectivity index (χ4n) is 2.00. The zero-order valence-electron chi connectivity index (χ0n) is 10.1. The topological polar surface area (TPSA) is 20.2 Å². The molecule has 0 heterocycles. The van der Waals surface area contributed by atoms with Gasteiger partial charge in [-0.3, -0.25) is 0 Å². The number of aliphatic hydroxyl groups is 1. The van der Waals surface area contributed by atoms with Crippen molar-refractivity contribution in [2.45, 2.75) is 12.3 Å². The van der Waals surface area contributed by atoms with Crippen LogP contribution in [-0.4, -0.2) is 11.7 Å². The van der Waals surface area contributed by atoms with Gasteiger partial charge in [0, 0.05) is 5.92 Å². The molecule has 1 nitrogen and oxygen atoms in total. The second kappa shape index (κ2) is 6.26. The van der Waals surface area contributed by atoms with Gasteiger partial charge in [-0.25, -0.2) is 8.78 Å². The van der Waals surface area contributed by atoms with Gasteiger partial charge in [-0.15, -0.1) is 0 Å². The highest BCUT2D eigenvalue weighted by Gasteiger charge is 2.13. The van der Waals surface area contributed by atoms with Gasteiger partial charge in [-0.1, -0.05) is 18.2 Å². The van der Waals surface area contributed by atoms with Gasteiger partial charge in [0.25, 0.3) is 0 Å². The molecule has 0 bridgehead atoms. The number of halogens is 3. The molecule has 0 aliphatic heterocycles. The lowest BCUT2D eigenvalue weighted by molar-refractivity contribution is 0.264. The predicted octanol–water partition coefficient (Wildman–Crippen LogP) is 4.05. The summed E-state index contributed by atoms with van der Waals surface area (Å²) in [4.78, 5) is 0. The van der Waals surface area contributed by atoms with Crippen molar-refractivity contribution in [1.29, 1.82) is 0 Å². The Labute approximate surface area is 119 Å². The second-order valence-corrected chi connectivity index (χ2v) is 5.24. The summed E-state index contributed by atoms with van der Waals surface area (Å²) in [6.07, 6.45) is 0.527. The third-order valence-corrected chi connectivity index (χ3v) is 3.61. The second-order valence-electron chi connectivity index (χ2n) is 4.39. The van der Waals surface area contributed by atoms with Crippen molar-refractivity contribution in [3.63, 3.8) is 0 Å². The molecule has 0 fully saturated rings. The standard InChI is InChI=1S/C15H13BrF2O/c16-14-7-10(4-5-15(14)18)6-12(9-19)11-2-1-3-13(17)8-11/h1-5,7-8,12,19H,6,9H2. The lowest BCUT2D eigenvalue weighted by Gasteiger charge is -2.15. The van der Waals surface area contributed by atoms with Gasteiger partial charge >= 0.3 is 0 Å². The van der Waals surface area contributed by atoms with Gasteiger partial charge in [-0.05, 0) is 57.7 Å². The van der Waals surface area contributed by atoms with Crippen LogP contribution >= 0.6 is 15.9 Å². The first kappa shape index (κ1) is 14.2. The van der Waals surface area contributed by atoms with Crippen molar-refractivity contribution in [2.75, 3.05) is 6.61 Å². The highest BCUT2D eigenvalue weighted by atomic mass is 79.9. The van der Waals surface area contributed by atoms with E-state index in [1.807, 2.05) is 0 Å². The summed E-state index contributed by atoms with van der Waals surface area (Å²) < 4.78 is 26.7. The van der Waals surface area contributed by atoms with E-state index >= 15 is 0 Å². The van der Waals surface area contributed by atoms with Crippen LogP contribution in [0.15, 0.2) is 46.9 Å². The van der Waals surface area contributed by atoms with E-state index in [-0.39, 0.29) is 24.2 Å². The molecule has 0 aliphatic rings. The Morgan fingerprint density at radius 2 is 1.89 bits per heavy atom. The molecular weight excluding hydrogens is 314 g/mol. The Bertz CT molecular complexity index is 572.